The zero-order valence-corrected chi connectivity index (χ0v) is 22.9. The van der Waals surface area contributed by atoms with Crippen molar-refractivity contribution >= 4 is 28.5 Å². The molecule has 3 aromatic heterocycles. The zero-order valence-electron chi connectivity index (χ0n) is 22.9. The summed E-state index contributed by atoms with van der Waals surface area (Å²) < 4.78 is 0. The molecule has 2 aliphatic rings. The summed E-state index contributed by atoms with van der Waals surface area (Å²) >= 11 is 0. The number of H-pyrrole nitrogens is 1. The van der Waals surface area contributed by atoms with Crippen LogP contribution in [0.2, 0.25) is 0 Å². The maximum absolute atomic E-state index is 14.1. The normalized spacial score (nSPS) is 21.4. The van der Waals surface area contributed by atoms with Crippen molar-refractivity contribution in [2.75, 3.05) is 0 Å². The number of hydrogen-bond acceptors (Lipinski definition) is 8. The second-order valence-electron chi connectivity index (χ2n) is 11.1. The number of likely N-dealkylation sites (tertiary alicyclic amines) is 1. The molecule has 2 amide bonds. The number of benzene rings is 1. The topological polar surface area (TPSA) is 147 Å². The van der Waals surface area contributed by atoms with Gasteiger partial charge in [0.2, 0.25) is 11.8 Å². The van der Waals surface area contributed by atoms with Gasteiger partial charge in [0.05, 0.1) is 24.2 Å². The molecule has 4 aromatic rings. The Bertz CT molecular complexity index is 1650. The number of fused-ring (bicyclic) bond motifs is 2. The number of carbonyl (C=O) groups is 3. The maximum Gasteiger partial charge on any atom is 0.243 e. The van der Waals surface area contributed by atoms with Crippen molar-refractivity contribution < 1.29 is 14.4 Å². The van der Waals surface area contributed by atoms with E-state index in [1.54, 1.807) is 29.6 Å². The van der Waals surface area contributed by atoms with E-state index in [1.807, 2.05) is 19.9 Å². The number of ketones is 1. The van der Waals surface area contributed by atoms with E-state index >= 15 is 0 Å². The Morgan fingerprint density at radius 2 is 1.93 bits per heavy atom. The molecular formula is C29H30N8O3. The number of hydrogen-bond donors (Lipinski definition) is 2. The van der Waals surface area contributed by atoms with Gasteiger partial charge in [-0.1, -0.05) is 6.92 Å². The smallest absolute Gasteiger partial charge is 0.243 e. The minimum absolute atomic E-state index is 0.00137. The number of aromatic nitrogens is 6. The minimum Gasteiger partial charge on any atom is -0.349 e. The van der Waals surface area contributed by atoms with E-state index in [2.05, 4.69) is 42.4 Å². The van der Waals surface area contributed by atoms with Crippen LogP contribution in [0.15, 0.2) is 37.1 Å². The van der Waals surface area contributed by atoms with Crippen LogP contribution in [-0.4, -0.2) is 64.7 Å². The molecule has 0 radical (unpaired) electrons. The lowest BCUT2D eigenvalue weighted by atomic mass is 9.91. The summed E-state index contributed by atoms with van der Waals surface area (Å²) in [6.07, 6.45) is 7.98. The Morgan fingerprint density at radius 1 is 1.15 bits per heavy atom. The Hall–Kier alpha value is -4.54. The summed E-state index contributed by atoms with van der Waals surface area (Å²) in [7, 11) is 0. The van der Waals surface area contributed by atoms with Gasteiger partial charge < -0.3 is 10.2 Å². The number of carbonyl (C=O) groups excluding carboxylic acids is 3. The van der Waals surface area contributed by atoms with Crippen molar-refractivity contribution in [3.05, 3.63) is 65.4 Å². The summed E-state index contributed by atoms with van der Waals surface area (Å²) in [5.74, 6) is 0.0940. The first kappa shape index (κ1) is 25.7. The third-order valence-electron chi connectivity index (χ3n) is 8.21. The Morgan fingerprint density at radius 3 is 2.62 bits per heavy atom. The first-order valence-electron chi connectivity index (χ1n) is 13.3. The van der Waals surface area contributed by atoms with Gasteiger partial charge in [0.1, 0.15) is 23.9 Å². The quantitative estimate of drug-likeness (QED) is 0.342. The lowest BCUT2D eigenvalue weighted by Crippen LogP contribution is -2.48. The Balaban J connectivity index is 1.37. The maximum atomic E-state index is 14.1. The number of Topliss-reactive ketones (excluding diaryl/α,β-unsaturated/α-hetero) is 1. The molecule has 0 spiro atoms. The highest BCUT2D eigenvalue weighted by molar-refractivity contribution is 6.09. The average Bonchev–Trinajstić information content (AvgIpc) is 3.26. The van der Waals surface area contributed by atoms with Crippen molar-refractivity contribution in [1.82, 2.24) is 40.3 Å². The largest absolute Gasteiger partial charge is 0.349 e. The highest BCUT2D eigenvalue weighted by atomic mass is 16.2. The third kappa shape index (κ3) is 4.41. The SMILES string of the molecule is CC(=O)c1[nH]nc2c(C)cc(-c3cnc(C)nc3)c(CC(=O)N3[C@H](C(=O)NCc4ccncn4)C[C@@]4(C)C[C@@H]34)c12. The number of piperidine rings is 1. The van der Waals surface area contributed by atoms with Crippen molar-refractivity contribution in [2.24, 2.45) is 5.41 Å². The molecule has 1 saturated heterocycles. The summed E-state index contributed by atoms with van der Waals surface area (Å²) in [6.45, 7) is 7.59. The van der Waals surface area contributed by atoms with E-state index < -0.39 is 6.04 Å². The lowest BCUT2D eigenvalue weighted by Gasteiger charge is -2.27. The van der Waals surface area contributed by atoms with Crippen molar-refractivity contribution in [3.8, 4) is 11.1 Å². The second kappa shape index (κ2) is 9.58. The zero-order chi connectivity index (χ0) is 28.2. The summed E-state index contributed by atoms with van der Waals surface area (Å²) in [5.41, 5.74) is 4.65. The van der Waals surface area contributed by atoms with Crippen LogP contribution in [0.3, 0.4) is 0 Å². The molecule has 40 heavy (non-hydrogen) atoms. The highest BCUT2D eigenvalue weighted by Gasteiger charge is 2.64. The standard InChI is InChI=1S/C29H30N8O3/c1-15-7-20(18-11-31-17(3)32-12-18)21(25-26(15)35-36-27(25)16(2)38)8-24(39)37-22(9-29(4)10-23(29)37)28(40)33-13-19-5-6-30-14-34-19/h5-7,11-12,14,22-23H,8-10,13H2,1-4H3,(H,33,40)(H,35,36)/t22-,23+,29-/m0/s1. The van der Waals surface area contributed by atoms with Crippen LogP contribution in [0.1, 0.15) is 59.8 Å². The van der Waals surface area contributed by atoms with Crippen molar-refractivity contribution in [3.63, 3.8) is 0 Å². The van der Waals surface area contributed by atoms with E-state index in [-0.39, 0.29) is 42.0 Å². The third-order valence-corrected chi connectivity index (χ3v) is 8.21. The average molecular weight is 539 g/mol. The summed E-state index contributed by atoms with van der Waals surface area (Å²) in [6, 6.07) is 3.12. The van der Waals surface area contributed by atoms with Crippen LogP contribution in [0, 0.1) is 19.3 Å². The van der Waals surface area contributed by atoms with Gasteiger partial charge in [-0.05, 0) is 60.9 Å². The number of rotatable bonds is 7. The van der Waals surface area contributed by atoms with Crippen LogP contribution in [0.5, 0.6) is 0 Å². The molecule has 0 bridgehead atoms. The van der Waals surface area contributed by atoms with E-state index in [1.165, 1.54) is 13.3 Å². The second-order valence-corrected chi connectivity index (χ2v) is 11.1. The fourth-order valence-electron chi connectivity index (χ4n) is 5.98. The molecule has 4 heterocycles. The summed E-state index contributed by atoms with van der Waals surface area (Å²) in [4.78, 5) is 58.6. The first-order valence-corrected chi connectivity index (χ1v) is 13.3. The van der Waals surface area contributed by atoms with Gasteiger partial charge in [-0.3, -0.25) is 19.5 Å². The monoisotopic (exact) mass is 538 g/mol. The molecule has 3 atom stereocenters. The van der Waals surface area contributed by atoms with Gasteiger partial charge in [-0.15, -0.1) is 0 Å². The summed E-state index contributed by atoms with van der Waals surface area (Å²) in [5, 5.41) is 10.9. The van der Waals surface area contributed by atoms with Gasteiger partial charge in [0, 0.05) is 42.5 Å². The van der Waals surface area contributed by atoms with Crippen LogP contribution < -0.4 is 5.32 Å². The predicted octanol–water partition coefficient (Wildman–Crippen LogP) is 2.87. The van der Waals surface area contributed by atoms with Crippen LogP contribution in [-0.2, 0) is 22.6 Å². The molecule has 2 N–H and O–H groups in total. The molecule has 1 saturated carbocycles. The van der Waals surface area contributed by atoms with Crippen molar-refractivity contribution in [2.45, 2.75) is 65.6 Å². The van der Waals surface area contributed by atoms with E-state index in [9.17, 15) is 14.4 Å². The first-order chi connectivity index (χ1) is 19.2. The lowest BCUT2D eigenvalue weighted by molar-refractivity contribution is -0.139. The van der Waals surface area contributed by atoms with Gasteiger partial charge in [-0.2, -0.15) is 5.10 Å². The van der Waals surface area contributed by atoms with Crippen LogP contribution in [0.4, 0.5) is 0 Å². The van der Waals surface area contributed by atoms with E-state index in [0.29, 0.717) is 40.1 Å². The van der Waals surface area contributed by atoms with Gasteiger partial charge in [-0.25, -0.2) is 19.9 Å². The molecule has 6 rings (SSSR count). The van der Waals surface area contributed by atoms with E-state index in [4.69, 9.17) is 0 Å². The molecular weight excluding hydrogens is 508 g/mol. The Kier molecular flexibility index (Phi) is 6.16. The number of aromatic amines is 1. The molecule has 11 nitrogen and oxygen atoms in total. The van der Waals surface area contributed by atoms with Crippen LogP contribution >= 0.6 is 0 Å². The Labute approximate surface area is 230 Å². The molecule has 2 fully saturated rings. The number of nitrogens with zero attached hydrogens (tertiary/aromatic N) is 6. The molecule has 1 aliphatic carbocycles. The fourth-order valence-corrected chi connectivity index (χ4v) is 5.98. The molecule has 11 heteroatoms. The molecule has 0 unspecified atom stereocenters. The fraction of sp³-hybridized carbons (Fsp3) is 0.379. The molecule has 1 aromatic carbocycles. The van der Waals surface area contributed by atoms with Gasteiger partial charge >= 0.3 is 0 Å². The minimum atomic E-state index is -0.582. The molecule has 1 aliphatic heterocycles. The number of aryl methyl sites for hydroxylation is 2. The van der Waals surface area contributed by atoms with Crippen LogP contribution in [0.25, 0.3) is 22.0 Å². The predicted molar refractivity (Wildman–Crippen MR) is 146 cm³/mol. The highest BCUT2D eigenvalue weighted by Crippen LogP contribution is 2.59. The van der Waals surface area contributed by atoms with E-state index in [0.717, 1.165) is 23.1 Å². The number of amides is 2. The van der Waals surface area contributed by atoms with Crippen molar-refractivity contribution in [1.29, 1.82) is 0 Å². The molecule has 204 valence electrons. The number of nitrogens with one attached hydrogen (secondary N) is 2. The van der Waals surface area contributed by atoms with Gasteiger partial charge in [0.25, 0.3) is 0 Å². The van der Waals surface area contributed by atoms with Gasteiger partial charge in [0.15, 0.2) is 5.78 Å².